The molecule has 0 fully saturated rings. The Morgan fingerprint density at radius 3 is 2.17 bits per heavy atom. The lowest BCUT2D eigenvalue weighted by molar-refractivity contribution is 0.0980. The molecular weight excluding hydrogens is 420 g/mol. The Labute approximate surface area is 182 Å². The molecule has 0 aliphatic heterocycles. The van der Waals surface area contributed by atoms with E-state index in [1.54, 1.807) is 78.9 Å². The normalized spacial score (nSPS) is 12.3. The molecule has 156 valence electrons. The van der Waals surface area contributed by atoms with Crippen LogP contribution < -0.4 is 4.74 Å². The zero-order chi connectivity index (χ0) is 21.6. The molecule has 3 aromatic rings. The van der Waals surface area contributed by atoms with Crippen LogP contribution in [0, 0.1) is 0 Å². The van der Waals surface area contributed by atoms with Crippen molar-refractivity contribution in [2.24, 2.45) is 0 Å². The molecule has 0 aromatic heterocycles. The first-order chi connectivity index (χ1) is 14.4. The summed E-state index contributed by atoms with van der Waals surface area (Å²) < 4.78 is 32.4. The molecule has 0 heterocycles. The average molecular weight is 443 g/mol. The van der Waals surface area contributed by atoms with Gasteiger partial charge in [0.25, 0.3) is 0 Å². The minimum atomic E-state index is -3.78. The first-order valence-electron chi connectivity index (χ1n) is 9.72. The number of ketones is 1. The van der Waals surface area contributed by atoms with Crippen LogP contribution in [0.25, 0.3) is 0 Å². The van der Waals surface area contributed by atoms with Crippen molar-refractivity contribution in [3.8, 4) is 5.75 Å². The number of carbonyl (C=O) groups is 1. The summed E-state index contributed by atoms with van der Waals surface area (Å²) in [4.78, 5) is 13.1. The zero-order valence-electron chi connectivity index (χ0n) is 16.6. The highest BCUT2D eigenvalue weighted by Crippen LogP contribution is 2.34. The van der Waals surface area contributed by atoms with Crippen molar-refractivity contribution in [3.05, 3.63) is 95.0 Å². The Hall–Kier alpha value is -2.63. The number of carbonyl (C=O) groups excluding carboxylic acids is 1. The molecule has 0 saturated heterocycles. The minimum absolute atomic E-state index is 0.173. The van der Waals surface area contributed by atoms with Gasteiger partial charge in [-0.15, -0.1) is 0 Å². The molecular formula is C24H23ClO4S. The molecule has 0 saturated carbocycles. The van der Waals surface area contributed by atoms with Crippen LogP contribution in [0.2, 0.25) is 5.02 Å². The third-order valence-corrected chi connectivity index (χ3v) is 7.08. The van der Waals surface area contributed by atoms with Gasteiger partial charge in [0.1, 0.15) is 5.75 Å². The van der Waals surface area contributed by atoms with Crippen molar-refractivity contribution >= 4 is 27.2 Å². The maximum atomic E-state index is 13.4. The maximum absolute atomic E-state index is 13.4. The van der Waals surface area contributed by atoms with Gasteiger partial charge < -0.3 is 4.74 Å². The molecule has 0 aliphatic rings. The predicted molar refractivity (Wildman–Crippen MR) is 119 cm³/mol. The number of benzene rings is 3. The Balaban J connectivity index is 1.96. The molecule has 6 heteroatoms. The second kappa shape index (κ2) is 9.92. The van der Waals surface area contributed by atoms with Crippen molar-refractivity contribution in [2.45, 2.75) is 29.9 Å². The van der Waals surface area contributed by atoms with Crippen LogP contribution in [0.3, 0.4) is 0 Å². The third-order valence-electron chi connectivity index (χ3n) is 4.71. The molecule has 3 rings (SSSR count). The first-order valence-corrected chi connectivity index (χ1v) is 11.6. The Morgan fingerprint density at radius 2 is 1.57 bits per heavy atom. The van der Waals surface area contributed by atoms with Gasteiger partial charge in [0, 0.05) is 17.0 Å². The summed E-state index contributed by atoms with van der Waals surface area (Å²) in [6.07, 6.45) is 0.705. The maximum Gasteiger partial charge on any atom is 0.185 e. The fraction of sp³-hybridized carbons (Fsp3) is 0.208. The number of sulfone groups is 1. The Kier molecular flexibility index (Phi) is 7.29. The van der Waals surface area contributed by atoms with Gasteiger partial charge in [-0.3, -0.25) is 4.79 Å². The van der Waals surface area contributed by atoms with E-state index in [0.717, 1.165) is 6.42 Å². The number of hydrogen-bond donors (Lipinski definition) is 0. The molecule has 0 bridgehead atoms. The minimum Gasteiger partial charge on any atom is -0.494 e. The molecule has 1 atom stereocenters. The molecule has 0 radical (unpaired) electrons. The molecule has 30 heavy (non-hydrogen) atoms. The highest BCUT2D eigenvalue weighted by Gasteiger charge is 2.31. The van der Waals surface area contributed by atoms with Gasteiger partial charge in [0.2, 0.25) is 0 Å². The van der Waals surface area contributed by atoms with Crippen molar-refractivity contribution in [1.82, 2.24) is 0 Å². The van der Waals surface area contributed by atoms with E-state index in [9.17, 15) is 13.2 Å². The second-order valence-electron chi connectivity index (χ2n) is 6.90. The van der Waals surface area contributed by atoms with Crippen LogP contribution in [0.1, 0.15) is 40.9 Å². The van der Waals surface area contributed by atoms with Gasteiger partial charge in [0.05, 0.1) is 16.8 Å². The van der Waals surface area contributed by atoms with E-state index >= 15 is 0 Å². The second-order valence-corrected chi connectivity index (χ2v) is 9.47. The number of Topliss-reactive ketones (excluding diaryl/α,β-unsaturated/α-hetero) is 1. The largest absolute Gasteiger partial charge is 0.494 e. The first kappa shape index (κ1) is 22.1. The van der Waals surface area contributed by atoms with E-state index in [0.29, 0.717) is 28.5 Å². The van der Waals surface area contributed by atoms with Crippen LogP contribution in [-0.4, -0.2) is 20.8 Å². The van der Waals surface area contributed by atoms with E-state index in [1.165, 1.54) is 0 Å². The lowest BCUT2D eigenvalue weighted by atomic mass is 10.0. The quantitative estimate of drug-likeness (QED) is 0.386. The summed E-state index contributed by atoms with van der Waals surface area (Å²) in [7, 11) is -3.78. The van der Waals surface area contributed by atoms with Gasteiger partial charge in [-0.05, 0) is 60.5 Å². The SMILES string of the molecule is CCCOc1ccc(C(CC(=O)c2ccc(Cl)cc2)S(=O)(=O)c2ccccc2)cc1. The third kappa shape index (κ3) is 5.29. The Morgan fingerprint density at radius 1 is 0.933 bits per heavy atom. The molecule has 0 N–H and O–H groups in total. The molecule has 3 aromatic carbocycles. The smallest absolute Gasteiger partial charge is 0.185 e. The van der Waals surface area contributed by atoms with Crippen LogP contribution >= 0.6 is 11.6 Å². The van der Waals surface area contributed by atoms with E-state index in [2.05, 4.69) is 0 Å². The fourth-order valence-corrected chi connectivity index (χ4v) is 4.98. The number of ether oxygens (including phenoxy) is 1. The topological polar surface area (TPSA) is 60.4 Å². The van der Waals surface area contributed by atoms with Crippen molar-refractivity contribution in [2.75, 3.05) is 6.61 Å². The van der Waals surface area contributed by atoms with Gasteiger partial charge in [-0.25, -0.2) is 8.42 Å². The van der Waals surface area contributed by atoms with Crippen molar-refractivity contribution in [3.63, 3.8) is 0 Å². The summed E-state index contributed by atoms with van der Waals surface area (Å²) in [5.41, 5.74) is 0.973. The molecule has 1 unspecified atom stereocenters. The van der Waals surface area contributed by atoms with Crippen molar-refractivity contribution in [1.29, 1.82) is 0 Å². The van der Waals surface area contributed by atoms with Crippen LogP contribution in [0.5, 0.6) is 5.75 Å². The summed E-state index contributed by atoms with van der Waals surface area (Å²) in [6.45, 7) is 2.60. The highest BCUT2D eigenvalue weighted by atomic mass is 35.5. The summed E-state index contributed by atoms with van der Waals surface area (Å²) in [6, 6.07) is 21.6. The molecule has 0 spiro atoms. The summed E-state index contributed by atoms with van der Waals surface area (Å²) in [5, 5.41) is -0.494. The van der Waals surface area contributed by atoms with Gasteiger partial charge in [-0.2, -0.15) is 0 Å². The number of rotatable bonds is 9. The van der Waals surface area contributed by atoms with Crippen LogP contribution in [-0.2, 0) is 9.84 Å². The van der Waals surface area contributed by atoms with Crippen LogP contribution in [0.15, 0.2) is 83.8 Å². The number of hydrogen-bond acceptors (Lipinski definition) is 4. The van der Waals surface area contributed by atoms with Crippen LogP contribution in [0.4, 0.5) is 0 Å². The molecule has 0 amide bonds. The van der Waals surface area contributed by atoms with Gasteiger partial charge in [0.15, 0.2) is 15.6 Å². The fourth-order valence-electron chi connectivity index (χ4n) is 3.10. The van der Waals surface area contributed by atoms with Gasteiger partial charge in [-0.1, -0.05) is 48.9 Å². The van der Waals surface area contributed by atoms with E-state index in [1.807, 2.05) is 6.92 Å². The van der Waals surface area contributed by atoms with E-state index < -0.39 is 15.1 Å². The molecule has 0 aliphatic carbocycles. The summed E-state index contributed by atoms with van der Waals surface area (Å²) in [5.74, 6) is 0.406. The van der Waals surface area contributed by atoms with Gasteiger partial charge >= 0.3 is 0 Å². The standard InChI is InChI=1S/C24H23ClO4S/c1-2-16-29-21-14-10-19(11-15-21)24(30(27,28)22-6-4-3-5-7-22)17-23(26)18-8-12-20(25)13-9-18/h3-15,24H,2,16-17H2,1H3. The van der Waals surface area contributed by atoms with Crippen molar-refractivity contribution < 1.29 is 17.9 Å². The van der Waals surface area contributed by atoms with E-state index in [-0.39, 0.29) is 17.1 Å². The molecule has 4 nitrogen and oxygen atoms in total. The Bertz CT molecular complexity index is 1080. The average Bonchev–Trinajstić information content (AvgIpc) is 2.77. The lowest BCUT2D eigenvalue weighted by Gasteiger charge is -2.18. The summed E-state index contributed by atoms with van der Waals surface area (Å²) >= 11 is 5.90. The van der Waals surface area contributed by atoms with E-state index in [4.69, 9.17) is 16.3 Å². The predicted octanol–water partition coefficient (Wildman–Crippen LogP) is 5.92. The highest BCUT2D eigenvalue weighted by molar-refractivity contribution is 7.91. The number of halogens is 1. The monoisotopic (exact) mass is 442 g/mol. The lowest BCUT2D eigenvalue weighted by Crippen LogP contribution is -2.18. The zero-order valence-corrected chi connectivity index (χ0v) is 18.2.